The molecular formula is C31H32F7N3O3S. The first-order valence-electron chi connectivity index (χ1n) is 14.9. The van der Waals surface area contributed by atoms with Crippen molar-refractivity contribution in [3.63, 3.8) is 0 Å². The summed E-state index contributed by atoms with van der Waals surface area (Å²) in [5, 5.41) is 0. The van der Waals surface area contributed by atoms with Crippen molar-refractivity contribution in [3.8, 4) is 0 Å². The Kier molecular flexibility index (Phi) is 7.78. The van der Waals surface area contributed by atoms with Gasteiger partial charge in [-0.2, -0.15) is 26.3 Å². The molecule has 2 aliphatic heterocycles. The number of aryl methyl sites for hydroxylation is 1. The SMILES string of the molecule is O=C(C1CCCCC1)N1CCC2(S(=O)(=O)c3ccc(C4=CNNC4)cc3)c3ccc(C(F)(C(F)(F)F)C(F)(F)F)cc3CCC12. The molecule has 1 saturated heterocycles. The molecule has 6 nitrogen and oxygen atoms in total. The van der Waals surface area contributed by atoms with Crippen molar-refractivity contribution in [1.29, 1.82) is 0 Å². The van der Waals surface area contributed by atoms with E-state index in [-0.39, 0.29) is 53.7 Å². The molecule has 2 unspecified atom stereocenters. The molecule has 6 rings (SSSR count). The lowest BCUT2D eigenvalue weighted by Crippen LogP contribution is -2.53. The van der Waals surface area contributed by atoms with Crippen LogP contribution in [0.3, 0.4) is 0 Å². The van der Waals surface area contributed by atoms with E-state index in [0.29, 0.717) is 31.5 Å². The van der Waals surface area contributed by atoms with Gasteiger partial charge >= 0.3 is 18.0 Å². The first-order chi connectivity index (χ1) is 21.1. The monoisotopic (exact) mass is 659 g/mol. The van der Waals surface area contributed by atoms with Gasteiger partial charge < -0.3 is 10.3 Å². The summed E-state index contributed by atoms with van der Waals surface area (Å²) in [5.74, 6) is -0.467. The van der Waals surface area contributed by atoms with E-state index in [2.05, 4.69) is 10.9 Å². The van der Waals surface area contributed by atoms with Gasteiger partial charge in [0.05, 0.1) is 10.9 Å². The highest BCUT2D eigenvalue weighted by Crippen LogP contribution is 2.57. The second-order valence-corrected chi connectivity index (χ2v) is 14.5. The summed E-state index contributed by atoms with van der Waals surface area (Å²) < 4.78 is 124. The number of carbonyl (C=O) groups excluding carboxylic acids is 1. The minimum Gasteiger partial charge on any atom is -0.337 e. The highest BCUT2D eigenvalue weighted by Gasteiger charge is 2.74. The molecule has 2 aromatic carbocycles. The molecule has 2 aliphatic carbocycles. The summed E-state index contributed by atoms with van der Waals surface area (Å²) in [6, 6.07) is 6.97. The lowest BCUT2D eigenvalue weighted by molar-refractivity contribution is -0.348. The van der Waals surface area contributed by atoms with Gasteiger partial charge in [-0.3, -0.25) is 4.79 Å². The molecule has 45 heavy (non-hydrogen) atoms. The van der Waals surface area contributed by atoms with E-state index in [4.69, 9.17) is 0 Å². The number of benzene rings is 2. The molecule has 0 aromatic heterocycles. The zero-order valence-corrected chi connectivity index (χ0v) is 24.9. The van der Waals surface area contributed by atoms with Gasteiger partial charge in [-0.1, -0.05) is 49.6 Å². The number of alkyl halides is 7. The van der Waals surface area contributed by atoms with Gasteiger partial charge in [0.15, 0.2) is 9.84 Å². The van der Waals surface area contributed by atoms with Crippen molar-refractivity contribution < 1.29 is 43.9 Å². The largest absolute Gasteiger partial charge is 0.435 e. The molecule has 0 spiro atoms. The zero-order chi connectivity index (χ0) is 32.4. The number of sulfone groups is 1. The van der Waals surface area contributed by atoms with Crippen LogP contribution >= 0.6 is 0 Å². The average molecular weight is 660 g/mol. The second kappa shape index (κ2) is 11.0. The maximum atomic E-state index is 15.1. The Bertz CT molecular complexity index is 1600. The number of fused-ring (bicyclic) bond motifs is 3. The maximum absolute atomic E-state index is 15.1. The van der Waals surface area contributed by atoms with Gasteiger partial charge in [0.2, 0.25) is 5.91 Å². The van der Waals surface area contributed by atoms with Gasteiger partial charge in [0.1, 0.15) is 4.75 Å². The number of nitrogens with zero attached hydrogens (tertiary/aromatic N) is 1. The molecule has 4 aliphatic rings. The minimum absolute atomic E-state index is 0.00382. The van der Waals surface area contributed by atoms with E-state index in [1.807, 2.05) is 0 Å². The van der Waals surface area contributed by atoms with Crippen molar-refractivity contribution in [3.05, 3.63) is 70.9 Å². The fourth-order valence-electron chi connectivity index (χ4n) is 7.66. The predicted octanol–water partition coefficient (Wildman–Crippen LogP) is 6.22. The number of nitrogens with one attached hydrogen (secondary N) is 2. The third-order valence-corrected chi connectivity index (χ3v) is 12.5. The van der Waals surface area contributed by atoms with E-state index in [1.165, 1.54) is 12.1 Å². The summed E-state index contributed by atoms with van der Waals surface area (Å²) in [4.78, 5) is 15.3. The smallest absolute Gasteiger partial charge is 0.337 e. The second-order valence-electron chi connectivity index (χ2n) is 12.3. The van der Waals surface area contributed by atoms with Crippen molar-refractivity contribution in [2.24, 2.45) is 5.92 Å². The molecule has 1 saturated carbocycles. The van der Waals surface area contributed by atoms with Crippen LogP contribution in [-0.4, -0.2) is 50.7 Å². The summed E-state index contributed by atoms with van der Waals surface area (Å²) in [6.07, 6.45) is -7.10. The Morgan fingerprint density at radius 1 is 0.889 bits per heavy atom. The fraction of sp³-hybridized carbons (Fsp3) is 0.516. The summed E-state index contributed by atoms with van der Waals surface area (Å²) in [7, 11) is -4.40. The number of halogens is 7. The van der Waals surface area contributed by atoms with E-state index >= 15 is 4.39 Å². The summed E-state index contributed by atoms with van der Waals surface area (Å²) in [5.41, 5.74) is -0.0265. The van der Waals surface area contributed by atoms with Gasteiger partial charge in [0.25, 0.3) is 0 Å². The lowest BCUT2D eigenvalue weighted by atomic mass is 9.76. The zero-order valence-electron chi connectivity index (χ0n) is 24.1. The maximum Gasteiger partial charge on any atom is 0.435 e. The molecule has 2 atom stereocenters. The third-order valence-electron chi connectivity index (χ3n) is 9.95. The number of hydrazine groups is 1. The number of hydrogen-bond acceptors (Lipinski definition) is 5. The van der Waals surface area contributed by atoms with Crippen molar-refractivity contribution >= 4 is 21.3 Å². The number of rotatable bonds is 5. The minimum atomic E-state index is -6.31. The van der Waals surface area contributed by atoms with Gasteiger partial charge in [0, 0.05) is 30.8 Å². The highest BCUT2D eigenvalue weighted by atomic mass is 32.2. The molecule has 2 N–H and O–H groups in total. The molecule has 0 bridgehead atoms. The molecular weight excluding hydrogens is 627 g/mol. The van der Waals surface area contributed by atoms with Crippen LogP contribution in [-0.2, 0) is 31.5 Å². The molecule has 2 heterocycles. The fourth-order valence-corrected chi connectivity index (χ4v) is 10.0. The lowest BCUT2D eigenvalue weighted by Gasteiger charge is -2.43. The van der Waals surface area contributed by atoms with Crippen molar-refractivity contribution in [2.75, 3.05) is 13.1 Å². The molecule has 2 fully saturated rings. The van der Waals surface area contributed by atoms with Crippen molar-refractivity contribution in [1.82, 2.24) is 15.8 Å². The van der Waals surface area contributed by atoms with E-state index in [1.54, 1.807) is 23.2 Å². The first kappa shape index (κ1) is 31.8. The highest BCUT2D eigenvalue weighted by molar-refractivity contribution is 7.92. The van der Waals surface area contributed by atoms with Crippen LogP contribution in [0.1, 0.15) is 67.2 Å². The Balaban J connectivity index is 1.48. The van der Waals surface area contributed by atoms with E-state index in [0.717, 1.165) is 36.5 Å². The topological polar surface area (TPSA) is 78.5 Å². The average Bonchev–Trinajstić information content (AvgIpc) is 3.69. The van der Waals surface area contributed by atoms with Gasteiger partial charge in [-0.05, 0) is 66.5 Å². The van der Waals surface area contributed by atoms with Crippen LogP contribution in [0.4, 0.5) is 30.7 Å². The van der Waals surface area contributed by atoms with Crippen LogP contribution in [0.2, 0.25) is 0 Å². The van der Waals surface area contributed by atoms with Crippen LogP contribution < -0.4 is 10.9 Å². The van der Waals surface area contributed by atoms with E-state index in [9.17, 15) is 39.6 Å². The standard InChI is InChI=1S/C31H32F7N3O3S/c32-29(30(33,34)35,31(36,37)38)23-9-12-25-21(16-23)8-13-26-28(25,14-15-41(26)27(42)20-4-2-1-3-5-20)45(43,44)24-10-6-19(7-11-24)22-17-39-40-18-22/h6-7,9-12,16-17,20,26,39-40H,1-5,8,13-15,18H2. The number of hydrogen-bond donors (Lipinski definition) is 2. The van der Waals surface area contributed by atoms with Gasteiger partial charge in [-0.25, -0.2) is 18.2 Å². The quantitative estimate of drug-likeness (QED) is 0.373. The number of amides is 1. The van der Waals surface area contributed by atoms with Crippen molar-refractivity contribution in [2.45, 2.75) is 85.1 Å². The molecule has 2 aromatic rings. The predicted molar refractivity (Wildman–Crippen MR) is 151 cm³/mol. The Morgan fingerprint density at radius 3 is 2.16 bits per heavy atom. The molecule has 244 valence electrons. The molecule has 1 amide bonds. The Morgan fingerprint density at radius 2 is 1.56 bits per heavy atom. The van der Waals surface area contributed by atoms with E-state index < -0.39 is 44.2 Å². The molecule has 0 radical (unpaired) electrons. The first-order valence-corrected chi connectivity index (χ1v) is 16.4. The van der Waals surface area contributed by atoms with Crippen LogP contribution in [0.5, 0.6) is 0 Å². The Labute approximate surface area is 255 Å². The number of carbonyl (C=O) groups is 1. The normalized spacial score (nSPS) is 24.6. The van der Waals surface area contributed by atoms with Crippen LogP contribution in [0.15, 0.2) is 53.6 Å². The Hall–Kier alpha value is -3.13. The van der Waals surface area contributed by atoms with Crippen LogP contribution in [0.25, 0.3) is 5.57 Å². The third kappa shape index (κ3) is 4.85. The summed E-state index contributed by atoms with van der Waals surface area (Å²) >= 11 is 0. The summed E-state index contributed by atoms with van der Waals surface area (Å²) in [6.45, 7) is 0.554. The van der Waals surface area contributed by atoms with Gasteiger partial charge in [-0.15, -0.1) is 0 Å². The number of likely N-dealkylation sites (tertiary alicyclic amines) is 1. The molecule has 14 heteroatoms. The van der Waals surface area contributed by atoms with Crippen LogP contribution in [0, 0.1) is 5.92 Å².